The van der Waals surface area contributed by atoms with Crippen LogP contribution in [-0.2, 0) is 10.0 Å². The van der Waals surface area contributed by atoms with Crippen LogP contribution in [-0.4, -0.2) is 61.2 Å². The van der Waals surface area contributed by atoms with Crippen molar-refractivity contribution in [3.8, 4) is 11.4 Å². The summed E-state index contributed by atoms with van der Waals surface area (Å²) in [6, 6.07) is 11.0. The van der Waals surface area contributed by atoms with Gasteiger partial charge < -0.3 is 14.8 Å². The Balaban J connectivity index is 1.18. The molecule has 0 aliphatic carbocycles. The van der Waals surface area contributed by atoms with Crippen molar-refractivity contribution in [2.24, 2.45) is 0 Å². The van der Waals surface area contributed by atoms with Gasteiger partial charge in [0.2, 0.25) is 11.7 Å². The maximum atomic E-state index is 12.9. The third-order valence-electron chi connectivity index (χ3n) is 6.11. The summed E-state index contributed by atoms with van der Waals surface area (Å²) in [7, 11) is -3.64. The highest BCUT2D eigenvalue weighted by molar-refractivity contribution is 7.89. The molecular formula is C23H20N8O4S. The number of aromatic nitrogens is 6. The standard InChI is InChI=1S/C23H20N8O4S/c1-14-5-6-15(8-17(14)27-22(32)18-9-25-19-4-2-3-7-31(18)19)21-28-23(35-29-21)16-11-30(12-16)36(33,34)20-10-24-13-26-20/h2-10,13,16H,11-12H2,1H3,(H,24,26)(H,27,32). The highest BCUT2D eigenvalue weighted by atomic mass is 32.2. The van der Waals surface area contributed by atoms with E-state index in [1.807, 2.05) is 37.3 Å². The van der Waals surface area contributed by atoms with Crippen LogP contribution < -0.4 is 5.32 Å². The summed E-state index contributed by atoms with van der Waals surface area (Å²) in [5.41, 5.74) is 3.22. The second-order valence-corrected chi connectivity index (χ2v) is 10.3. The molecule has 0 saturated carbocycles. The summed E-state index contributed by atoms with van der Waals surface area (Å²) >= 11 is 0. The molecule has 0 spiro atoms. The van der Waals surface area contributed by atoms with Crippen LogP contribution in [0.25, 0.3) is 17.0 Å². The number of carbonyl (C=O) groups is 1. The molecule has 0 atom stereocenters. The lowest BCUT2D eigenvalue weighted by Crippen LogP contribution is -2.48. The van der Waals surface area contributed by atoms with Crippen LogP contribution in [0, 0.1) is 6.92 Å². The van der Waals surface area contributed by atoms with Gasteiger partial charge in [-0.25, -0.2) is 18.4 Å². The highest BCUT2D eigenvalue weighted by Crippen LogP contribution is 2.32. The lowest BCUT2D eigenvalue weighted by Gasteiger charge is -2.35. The third-order valence-corrected chi connectivity index (χ3v) is 7.84. The van der Waals surface area contributed by atoms with E-state index in [2.05, 4.69) is 30.4 Å². The molecule has 1 aliphatic heterocycles. The van der Waals surface area contributed by atoms with Crippen molar-refractivity contribution < 1.29 is 17.7 Å². The van der Waals surface area contributed by atoms with Crippen molar-refractivity contribution in [3.05, 3.63) is 78.5 Å². The number of fused-ring (bicyclic) bond motifs is 1. The van der Waals surface area contributed by atoms with Crippen LogP contribution >= 0.6 is 0 Å². The number of amides is 1. The van der Waals surface area contributed by atoms with E-state index in [1.54, 1.807) is 16.7 Å². The molecule has 182 valence electrons. The average molecular weight is 505 g/mol. The number of hydrogen-bond acceptors (Lipinski definition) is 8. The number of benzene rings is 1. The molecule has 0 bridgehead atoms. The van der Waals surface area contributed by atoms with Gasteiger partial charge in [-0.1, -0.05) is 23.4 Å². The number of carbonyl (C=O) groups excluding carboxylic acids is 1. The van der Waals surface area contributed by atoms with Gasteiger partial charge >= 0.3 is 0 Å². The third kappa shape index (κ3) is 3.74. The van der Waals surface area contributed by atoms with Gasteiger partial charge in [0.1, 0.15) is 11.3 Å². The second-order valence-electron chi connectivity index (χ2n) is 8.44. The molecule has 1 saturated heterocycles. The van der Waals surface area contributed by atoms with Crippen molar-refractivity contribution in [2.75, 3.05) is 18.4 Å². The topological polar surface area (TPSA) is 151 Å². The predicted molar refractivity (Wildman–Crippen MR) is 128 cm³/mol. The van der Waals surface area contributed by atoms with Gasteiger partial charge in [-0.3, -0.25) is 9.20 Å². The molecule has 13 heteroatoms. The minimum atomic E-state index is -3.64. The van der Waals surface area contributed by atoms with Gasteiger partial charge in [0.25, 0.3) is 15.9 Å². The van der Waals surface area contributed by atoms with Crippen LogP contribution in [0.5, 0.6) is 0 Å². The Hall–Kier alpha value is -4.36. The first-order valence-electron chi connectivity index (χ1n) is 11.1. The number of nitrogens with zero attached hydrogens (tertiary/aromatic N) is 6. The number of H-pyrrole nitrogens is 1. The number of hydrogen-bond donors (Lipinski definition) is 2. The quantitative estimate of drug-likeness (QED) is 0.358. The fourth-order valence-corrected chi connectivity index (χ4v) is 5.43. The van der Waals surface area contributed by atoms with Gasteiger partial charge in [-0.05, 0) is 30.7 Å². The first-order chi connectivity index (χ1) is 17.4. The van der Waals surface area contributed by atoms with E-state index in [4.69, 9.17) is 4.52 Å². The Bertz CT molecular complexity index is 1680. The van der Waals surface area contributed by atoms with E-state index in [9.17, 15) is 13.2 Å². The van der Waals surface area contributed by atoms with Gasteiger partial charge in [0.05, 0.1) is 18.4 Å². The molecule has 1 aromatic carbocycles. The maximum Gasteiger partial charge on any atom is 0.274 e. The second kappa shape index (κ2) is 8.39. The minimum absolute atomic E-state index is 0.0228. The van der Waals surface area contributed by atoms with E-state index >= 15 is 0 Å². The molecule has 5 heterocycles. The summed E-state index contributed by atoms with van der Waals surface area (Å²) in [6.45, 7) is 2.34. The van der Waals surface area contributed by atoms with E-state index in [1.165, 1.54) is 23.0 Å². The van der Waals surface area contributed by atoms with Crippen molar-refractivity contribution >= 4 is 27.3 Å². The summed E-state index contributed by atoms with van der Waals surface area (Å²) < 4.78 is 33.5. The van der Waals surface area contributed by atoms with E-state index < -0.39 is 10.0 Å². The maximum absolute atomic E-state index is 12.9. The van der Waals surface area contributed by atoms with E-state index in [-0.39, 0.29) is 29.9 Å². The highest BCUT2D eigenvalue weighted by Gasteiger charge is 2.41. The fraction of sp³-hybridized carbons (Fsp3) is 0.174. The monoisotopic (exact) mass is 504 g/mol. The first kappa shape index (κ1) is 22.1. The Labute approximate surface area is 205 Å². The molecule has 12 nitrogen and oxygen atoms in total. The van der Waals surface area contributed by atoms with Crippen molar-refractivity contribution in [2.45, 2.75) is 17.9 Å². The van der Waals surface area contributed by atoms with E-state index in [0.717, 1.165) is 5.56 Å². The summed E-state index contributed by atoms with van der Waals surface area (Å²) in [6.07, 6.45) is 5.98. The number of aryl methyl sites for hydroxylation is 1. The number of rotatable bonds is 6. The average Bonchev–Trinajstić information content (AvgIpc) is 3.60. The van der Waals surface area contributed by atoms with Crippen LogP contribution in [0.3, 0.4) is 0 Å². The van der Waals surface area contributed by atoms with Gasteiger partial charge in [-0.2, -0.15) is 9.29 Å². The number of sulfonamides is 1. The Morgan fingerprint density at radius 3 is 2.86 bits per heavy atom. The van der Waals surface area contributed by atoms with Crippen molar-refractivity contribution in [1.29, 1.82) is 0 Å². The largest absolute Gasteiger partial charge is 0.350 e. The molecule has 1 aliphatic rings. The molecule has 0 unspecified atom stereocenters. The van der Waals surface area contributed by atoms with E-state index in [0.29, 0.717) is 34.3 Å². The molecule has 36 heavy (non-hydrogen) atoms. The Morgan fingerprint density at radius 1 is 1.19 bits per heavy atom. The number of pyridine rings is 1. The zero-order valence-corrected chi connectivity index (χ0v) is 19.8. The molecule has 2 N–H and O–H groups in total. The molecule has 0 radical (unpaired) electrons. The van der Waals surface area contributed by atoms with Crippen molar-refractivity contribution in [3.63, 3.8) is 0 Å². The molecule has 5 aromatic rings. The molecular weight excluding hydrogens is 484 g/mol. The zero-order valence-electron chi connectivity index (χ0n) is 19.0. The Kier molecular flexibility index (Phi) is 5.16. The lowest BCUT2D eigenvalue weighted by molar-refractivity contribution is 0.102. The summed E-state index contributed by atoms with van der Waals surface area (Å²) in [5, 5.41) is 6.98. The van der Waals surface area contributed by atoms with Gasteiger partial charge in [-0.15, -0.1) is 0 Å². The van der Waals surface area contributed by atoms with Crippen LogP contribution in [0.1, 0.15) is 27.9 Å². The van der Waals surface area contributed by atoms with Gasteiger partial charge in [0, 0.05) is 36.7 Å². The van der Waals surface area contributed by atoms with Crippen LogP contribution in [0.4, 0.5) is 5.69 Å². The molecule has 6 rings (SSSR count). The van der Waals surface area contributed by atoms with Crippen LogP contribution in [0.15, 0.2) is 70.9 Å². The molecule has 1 amide bonds. The lowest BCUT2D eigenvalue weighted by atomic mass is 10.0. The molecule has 4 aromatic heterocycles. The molecule has 1 fully saturated rings. The zero-order chi connectivity index (χ0) is 24.9. The summed E-state index contributed by atoms with van der Waals surface area (Å²) in [5.74, 6) is 0.203. The van der Waals surface area contributed by atoms with Crippen LogP contribution in [0.2, 0.25) is 0 Å². The smallest absolute Gasteiger partial charge is 0.274 e. The van der Waals surface area contributed by atoms with Crippen molar-refractivity contribution in [1.82, 2.24) is 33.8 Å². The first-order valence-corrected chi connectivity index (χ1v) is 12.5. The normalized spacial score (nSPS) is 14.7. The Morgan fingerprint density at radius 2 is 2.06 bits per heavy atom. The predicted octanol–water partition coefficient (Wildman–Crippen LogP) is 2.46. The number of anilines is 1. The number of aromatic amines is 1. The minimum Gasteiger partial charge on any atom is -0.350 e. The number of nitrogens with one attached hydrogen (secondary N) is 2. The SMILES string of the molecule is Cc1ccc(-c2noc(C3CN(S(=O)(=O)c4c[nH]cn4)C3)n2)cc1NC(=O)c1cnc2ccccn12. The number of imidazole rings is 2. The van der Waals surface area contributed by atoms with Gasteiger partial charge in [0.15, 0.2) is 5.03 Å². The fourth-order valence-electron chi connectivity index (χ4n) is 4.01. The summed E-state index contributed by atoms with van der Waals surface area (Å²) in [4.78, 5) is 28.2.